The number of aryl methyl sites for hydroxylation is 1. The zero-order valence-electron chi connectivity index (χ0n) is 13.0. The minimum absolute atomic E-state index is 0.0362. The molecule has 0 spiro atoms. The molecule has 0 saturated carbocycles. The smallest absolute Gasteiger partial charge is 0.277 e. The molecule has 7 nitrogen and oxygen atoms in total. The number of hydrogen-bond donors (Lipinski definition) is 2. The van der Waals surface area contributed by atoms with Crippen molar-refractivity contribution in [1.82, 2.24) is 20.8 Å². The van der Waals surface area contributed by atoms with Crippen molar-refractivity contribution in [3.63, 3.8) is 0 Å². The fourth-order valence-corrected chi connectivity index (χ4v) is 2.40. The first-order valence-corrected chi connectivity index (χ1v) is 8.14. The molecule has 1 heterocycles. The van der Waals surface area contributed by atoms with Crippen molar-refractivity contribution in [2.75, 3.05) is 18.8 Å². The van der Waals surface area contributed by atoms with Crippen LogP contribution in [0, 0.1) is 6.92 Å². The molecule has 23 heavy (non-hydrogen) atoms. The summed E-state index contributed by atoms with van der Waals surface area (Å²) < 4.78 is 5.55. The van der Waals surface area contributed by atoms with Gasteiger partial charge in [-0.1, -0.05) is 30.0 Å². The molecule has 2 aromatic rings. The van der Waals surface area contributed by atoms with Crippen molar-refractivity contribution in [3.05, 3.63) is 29.8 Å². The quantitative estimate of drug-likeness (QED) is 0.743. The van der Waals surface area contributed by atoms with Crippen molar-refractivity contribution in [3.8, 4) is 11.5 Å². The molecule has 122 valence electrons. The van der Waals surface area contributed by atoms with Crippen LogP contribution in [0.4, 0.5) is 0 Å². The predicted octanol–water partition coefficient (Wildman–Crippen LogP) is 1.39. The summed E-state index contributed by atoms with van der Waals surface area (Å²) in [5, 5.41) is 13.3. The lowest BCUT2D eigenvalue weighted by molar-refractivity contribution is -0.124. The van der Waals surface area contributed by atoms with Gasteiger partial charge in [-0.05, 0) is 25.5 Å². The van der Waals surface area contributed by atoms with E-state index in [-0.39, 0.29) is 24.1 Å². The van der Waals surface area contributed by atoms with E-state index in [1.54, 1.807) is 0 Å². The number of nitrogens with zero attached hydrogens (tertiary/aromatic N) is 2. The Hall–Kier alpha value is -2.35. The SMILES string of the molecule is CCNC(=O)CNC(=O)CSc1nnc(-c2ccccc2C)o1. The van der Waals surface area contributed by atoms with Gasteiger partial charge in [0, 0.05) is 12.1 Å². The molecule has 0 saturated heterocycles. The van der Waals surface area contributed by atoms with Crippen LogP contribution in [0.25, 0.3) is 11.5 Å². The third-order valence-electron chi connectivity index (χ3n) is 2.93. The molecule has 0 bridgehead atoms. The molecule has 1 aromatic heterocycles. The summed E-state index contributed by atoms with van der Waals surface area (Å²) in [4.78, 5) is 22.9. The van der Waals surface area contributed by atoms with Gasteiger partial charge in [-0.25, -0.2) is 0 Å². The number of thioether (sulfide) groups is 1. The second kappa shape index (κ2) is 8.33. The topological polar surface area (TPSA) is 97.1 Å². The molecule has 0 atom stereocenters. The van der Waals surface area contributed by atoms with Gasteiger partial charge in [0.1, 0.15) is 0 Å². The summed E-state index contributed by atoms with van der Waals surface area (Å²) in [6.45, 7) is 4.27. The van der Waals surface area contributed by atoms with Crippen LogP contribution >= 0.6 is 11.8 Å². The van der Waals surface area contributed by atoms with Gasteiger partial charge in [-0.2, -0.15) is 0 Å². The second-order valence-electron chi connectivity index (χ2n) is 4.71. The van der Waals surface area contributed by atoms with Crippen molar-refractivity contribution < 1.29 is 14.0 Å². The van der Waals surface area contributed by atoms with E-state index < -0.39 is 0 Å². The monoisotopic (exact) mass is 334 g/mol. The number of benzene rings is 1. The molecular weight excluding hydrogens is 316 g/mol. The lowest BCUT2D eigenvalue weighted by Crippen LogP contribution is -2.37. The first kappa shape index (κ1) is 17.0. The fourth-order valence-electron chi connectivity index (χ4n) is 1.81. The molecule has 0 radical (unpaired) electrons. The van der Waals surface area contributed by atoms with E-state index in [2.05, 4.69) is 20.8 Å². The number of hydrogen-bond acceptors (Lipinski definition) is 6. The number of amides is 2. The molecule has 2 amide bonds. The largest absolute Gasteiger partial charge is 0.411 e. The van der Waals surface area contributed by atoms with Crippen LogP contribution < -0.4 is 10.6 Å². The number of carbonyl (C=O) groups is 2. The third-order valence-corrected chi connectivity index (χ3v) is 3.75. The Bertz CT molecular complexity index is 687. The molecule has 0 aliphatic heterocycles. The molecule has 1 aromatic carbocycles. The van der Waals surface area contributed by atoms with Gasteiger partial charge in [0.2, 0.25) is 17.7 Å². The van der Waals surface area contributed by atoms with Gasteiger partial charge in [-0.3, -0.25) is 9.59 Å². The molecule has 2 rings (SSSR count). The van der Waals surface area contributed by atoms with Gasteiger partial charge < -0.3 is 15.1 Å². The first-order chi connectivity index (χ1) is 11.1. The summed E-state index contributed by atoms with van der Waals surface area (Å²) in [5.41, 5.74) is 1.90. The zero-order valence-corrected chi connectivity index (χ0v) is 13.8. The van der Waals surface area contributed by atoms with Gasteiger partial charge in [0.15, 0.2) is 0 Å². The molecule has 0 aliphatic carbocycles. The minimum atomic E-state index is -0.267. The van der Waals surface area contributed by atoms with Crippen molar-refractivity contribution >= 4 is 23.6 Å². The van der Waals surface area contributed by atoms with E-state index in [9.17, 15) is 9.59 Å². The number of rotatable bonds is 7. The Morgan fingerprint density at radius 2 is 1.96 bits per heavy atom. The fraction of sp³-hybridized carbons (Fsp3) is 0.333. The van der Waals surface area contributed by atoms with E-state index in [0.29, 0.717) is 17.7 Å². The average molecular weight is 334 g/mol. The van der Waals surface area contributed by atoms with Crippen LogP contribution in [-0.2, 0) is 9.59 Å². The van der Waals surface area contributed by atoms with Crippen molar-refractivity contribution in [1.29, 1.82) is 0 Å². The maximum atomic E-state index is 11.7. The highest BCUT2D eigenvalue weighted by Crippen LogP contribution is 2.25. The summed E-state index contributed by atoms with van der Waals surface area (Å²) in [5.74, 6) is 0.0464. The standard InChI is InChI=1S/C15H18N4O3S/c1-3-16-12(20)8-17-13(21)9-23-15-19-18-14(22-15)11-7-5-4-6-10(11)2/h4-7H,3,8-9H2,1-2H3,(H,16,20)(H,17,21). The first-order valence-electron chi connectivity index (χ1n) is 7.16. The number of nitrogens with one attached hydrogen (secondary N) is 2. The summed E-state index contributed by atoms with van der Waals surface area (Å²) in [7, 11) is 0. The minimum Gasteiger partial charge on any atom is -0.411 e. The Kier molecular flexibility index (Phi) is 6.16. The highest BCUT2D eigenvalue weighted by molar-refractivity contribution is 7.99. The van der Waals surface area contributed by atoms with Crippen LogP contribution in [0.2, 0.25) is 0 Å². The average Bonchev–Trinajstić information content (AvgIpc) is 3.00. The Labute approximate surface area is 138 Å². The van der Waals surface area contributed by atoms with Gasteiger partial charge >= 0.3 is 0 Å². The lowest BCUT2D eigenvalue weighted by Gasteiger charge is -2.03. The Balaban J connectivity index is 1.84. The van der Waals surface area contributed by atoms with Crippen LogP contribution in [-0.4, -0.2) is 40.9 Å². The summed E-state index contributed by atoms with van der Waals surface area (Å²) >= 11 is 1.13. The zero-order chi connectivity index (χ0) is 16.7. The van der Waals surface area contributed by atoms with Gasteiger partial charge in [0.25, 0.3) is 5.22 Å². The summed E-state index contributed by atoms with van der Waals surface area (Å²) in [6, 6.07) is 7.69. The predicted molar refractivity (Wildman–Crippen MR) is 86.9 cm³/mol. The molecule has 0 fully saturated rings. The maximum absolute atomic E-state index is 11.7. The lowest BCUT2D eigenvalue weighted by atomic mass is 10.1. The molecule has 2 N–H and O–H groups in total. The molecule has 8 heteroatoms. The number of carbonyl (C=O) groups excluding carboxylic acids is 2. The van der Waals surface area contributed by atoms with E-state index >= 15 is 0 Å². The van der Waals surface area contributed by atoms with Crippen molar-refractivity contribution in [2.24, 2.45) is 0 Å². The van der Waals surface area contributed by atoms with E-state index in [1.807, 2.05) is 38.1 Å². The normalized spacial score (nSPS) is 10.3. The van der Waals surface area contributed by atoms with E-state index in [4.69, 9.17) is 4.42 Å². The van der Waals surface area contributed by atoms with Crippen LogP contribution in [0.15, 0.2) is 33.9 Å². The van der Waals surface area contributed by atoms with Crippen molar-refractivity contribution in [2.45, 2.75) is 19.1 Å². The van der Waals surface area contributed by atoms with Crippen LogP contribution in [0.5, 0.6) is 0 Å². The Morgan fingerprint density at radius 1 is 1.17 bits per heavy atom. The van der Waals surface area contributed by atoms with Gasteiger partial charge in [0.05, 0.1) is 12.3 Å². The van der Waals surface area contributed by atoms with E-state index in [0.717, 1.165) is 22.9 Å². The van der Waals surface area contributed by atoms with Gasteiger partial charge in [-0.15, -0.1) is 10.2 Å². The number of aromatic nitrogens is 2. The molecule has 0 unspecified atom stereocenters. The third kappa shape index (κ3) is 5.10. The highest BCUT2D eigenvalue weighted by Gasteiger charge is 2.12. The highest BCUT2D eigenvalue weighted by atomic mass is 32.2. The number of likely N-dealkylation sites (N-methyl/N-ethyl adjacent to an activating group) is 1. The molecule has 0 aliphatic rings. The van der Waals surface area contributed by atoms with Crippen LogP contribution in [0.3, 0.4) is 0 Å². The van der Waals surface area contributed by atoms with E-state index in [1.165, 1.54) is 0 Å². The van der Waals surface area contributed by atoms with Crippen LogP contribution in [0.1, 0.15) is 12.5 Å². The molecular formula is C15H18N4O3S. The maximum Gasteiger partial charge on any atom is 0.277 e. The second-order valence-corrected chi connectivity index (χ2v) is 5.63. The summed E-state index contributed by atoms with van der Waals surface area (Å²) in [6.07, 6.45) is 0. The Morgan fingerprint density at radius 3 is 2.70 bits per heavy atom.